The Labute approximate surface area is 275 Å². The van der Waals surface area contributed by atoms with Crippen molar-refractivity contribution in [3.05, 3.63) is 89.1 Å². The van der Waals surface area contributed by atoms with Gasteiger partial charge in [0.05, 0.1) is 23.4 Å². The Bertz CT molecular complexity index is 2000. The van der Waals surface area contributed by atoms with Gasteiger partial charge in [-0.25, -0.2) is 9.97 Å². The Morgan fingerprint density at radius 1 is 0.917 bits per heavy atom. The molecule has 48 heavy (non-hydrogen) atoms. The Kier molecular flexibility index (Phi) is 8.34. The van der Waals surface area contributed by atoms with Gasteiger partial charge in [0.25, 0.3) is 5.91 Å². The standard InChI is InChI=1S/C35H35F3N8O2/c1-20-23(7-3-9-25(20)40-32-31-27(11-5-15-39-31)42-34(43-32)35(36,37)38)24-8-4-10-26(21(24)2)41-33(48)28-19-30-29(12-6-16-46(30)44-28)45-17-13-22(47)14-18-45/h3-5,7-11,15,19,22,29,47H,6,12-14,16-18H2,1-2H3,(H,41,48)(H,40,42,43)/t29-/m0/s1. The molecule has 248 valence electrons. The third kappa shape index (κ3) is 6.11. The van der Waals surface area contributed by atoms with Crippen LogP contribution in [0.2, 0.25) is 0 Å². The molecule has 0 bridgehead atoms. The molecule has 2 aliphatic heterocycles. The second-order valence-electron chi connectivity index (χ2n) is 12.4. The van der Waals surface area contributed by atoms with Crippen LogP contribution in [0.4, 0.5) is 30.4 Å². The molecule has 2 aromatic carbocycles. The number of hydrogen-bond acceptors (Lipinski definition) is 8. The number of halogens is 3. The molecule has 1 fully saturated rings. The van der Waals surface area contributed by atoms with Gasteiger partial charge in [0, 0.05) is 37.2 Å². The van der Waals surface area contributed by atoms with E-state index in [2.05, 4.69) is 35.6 Å². The number of aliphatic hydroxyl groups is 1. The number of fused-ring (bicyclic) bond motifs is 2. The molecule has 1 amide bonds. The van der Waals surface area contributed by atoms with E-state index in [4.69, 9.17) is 0 Å². The summed E-state index contributed by atoms with van der Waals surface area (Å²) in [5.74, 6) is -1.60. The first-order valence-electron chi connectivity index (χ1n) is 16.0. The first-order valence-corrected chi connectivity index (χ1v) is 16.0. The van der Waals surface area contributed by atoms with E-state index in [0.29, 0.717) is 17.1 Å². The monoisotopic (exact) mass is 656 g/mol. The van der Waals surface area contributed by atoms with Crippen LogP contribution in [0, 0.1) is 13.8 Å². The number of piperidine rings is 1. The van der Waals surface area contributed by atoms with Crippen LogP contribution in [0.1, 0.15) is 64.9 Å². The number of aliphatic hydroxyl groups excluding tert-OH is 1. The van der Waals surface area contributed by atoms with E-state index in [-0.39, 0.29) is 34.9 Å². The largest absolute Gasteiger partial charge is 0.451 e. The molecule has 1 atom stereocenters. The van der Waals surface area contributed by atoms with Gasteiger partial charge in [0.15, 0.2) is 11.5 Å². The number of nitrogens with one attached hydrogen (secondary N) is 2. The van der Waals surface area contributed by atoms with Crippen molar-refractivity contribution < 1.29 is 23.1 Å². The molecule has 1 saturated heterocycles. The van der Waals surface area contributed by atoms with Crippen LogP contribution >= 0.6 is 0 Å². The van der Waals surface area contributed by atoms with Crippen LogP contribution in [0.3, 0.4) is 0 Å². The SMILES string of the molecule is Cc1c(NC(=O)c2cc3n(n2)CCC[C@@H]3N2CCC(O)CC2)cccc1-c1cccc(Nc2nc(C(F)(F)F)nc3cccnc23)c1C. The molecule has 0 unspecified atom stereocenters. The number of carbonyl (C=O) groups is 1. The highest BCUT2D eigenvalue weighted by molar-refractivity contribution is 6.04. The topological polar surface area (TPSA) is 121 Å². The lowest BCUT2D eigenvalue weighted by molar-refractivity contribution is -0.144. The summed E-state index contributed by atoms with van der Waals surface area (Å²) in [6, 6.07) is 16.2. The zero-order valence-corrected chi connectivity index (χ0v) is 26.6. The second-order valence-corrected chi connectivity index (χ2v) is 12.4. The van der Waals surface area contributed by atoms with Gasteiger partial charge in [0.2, 0.25) is 5.82 Å². The summed E-state index contributed by atoms with van der Waals surface area (Å²) in [6.07, 6.45) is -0.0327. The summed E-state index contributed by atoms with van der Waals surface area (Å²) in [6.45, 7) is 6.19. The number of carbonyl (C=O) groups excluding carboxylic acids is 1. The normalized spacial score (nSPS) is 17.3. The molecular formula is C35H35F3N8O2. The summed E-state index contributed by atoms with van der Waals surface area (Å²) in [5, 5.41) is 20.7. The van der Waals surface area contributed by atoms with Crippen LogP contribution in [0.25, 0.3) is 22.2 Å². The fourth-order valence-corrected chi connectivity index (χ4v) is 6.76. The fourth-order valence-electron chi connectivity index (χ4n) is 6.76. The van der Waals surface area contributed by atoms with Gasteiger partial charge in [0.1, 0.15) is 5.52 Å². The lowest BCUT2D eigenvalue weighted by Crippen LogP contribution is -2.40. The molecule has 3 N–H and O–H groups in total. The molecule has 13 heteroatoms. The number of alkyl halides is 3. The number of likely N-dealkylation sites (tertiary alicyclic amines) is 1. The van der Waals surface area contributed by atoms with Gasteiger partial charge in [-0.1, -0.05) is 24.3 Å². The van der Waals surface area contributed by atoms with Crippen LogP contribution in [0.15, 0.2) is 60.8 Å². The quantitative estimate of drug-likeness (QED) is 0.182. The summed E-state index contributed by atoms with van der Waals surface area (Å²) >= 11 is 0. The van der Waals surface area contributed by atoms with E-state index < -0.39 is 12.0 Å². The highest BCUT2D eigenvalue weighted by Crippen LogP contribution is 2.37. The average Bonchev–Trinajstić information content (AvgIpc) is 3.52. The molecule has 0 radical (unpaired) electrons. The van der Waals surface area contributed by atoms with Crippen molar-refractivity contribution >= 4 is 34.1 Å². The molecule has 0 aliphatic carbocycles. The number of aryl methyl sites for hydroxylation is 1. The molecule has 5 aromatic rings. The smallest absolute Gasteiger partial charge is 0.393 e. The van der Waals surface area contributed by atoms with Crippen molar-refractivity contribution in [1.29, 1.82) is 0 Å². The molecule has 7 rings (SSSR count). The lowest BCUT2D eigenvalue weighted by atomic mass is 9.94. The summed E-state index contributed by atoms with van der Waals surface area (Å²) in [5.41, 5.74) is 6.16. The van der Waals surface area contributed by atoms with Gasteiger partial charge >= 0.3 is 6.18 Å². The van der Waals surface area contributed by atoms with Crippen molar-refractivity contribution in [2.24, 2.45) is 0 Å². The number of anilines is 3. The van der Waals surface area contributed by atoms with Gasteiger partial charge in [-0.15, -0.1) is 0 Å². The molecule has 0 spiro atoms. The van der Waals surface area contributed by atoms with Crippen LogP contribution in [0.5, 0.6) is 0 Å². The first-order chi connectivity index (χ1) is 23.1. The minimum Gasteiger partial charge on any atom is -0.393 e. The maximum absolute atomic E-state index is 13.6. The van der Waals surface area contributed by atoms with E-state index >= 15 is 0 Å². The van der Waals surface area contributed by atoms with Crippen molar-refractivity contribution in [2.75, 3.05) is 23.7 Å². The highest BCUT2D eigenvalue weighted by Gasteiger charge is 2.36. The van der Waals surface area contributed by atoms with Gasteiger partial charge < -0.3 is 15.7 Å². The fraction of sp³-hybridized carbons (Fsp3) is 0.343. The zero-order valence-electron chi connectivity index (χ0n) is 26.6. The second kappa shape index (κ2) is 12.6. The molecule has 3 aromatic heterocycles. The van der Waals surface area contributed by atoms with Crippen LogP contribution < -0.4 is 10.6 Å². The van der Waals surface area contributed by atoms with E-state index in [1.165, 1.54) is 18.3 Å². The Morgan fingerprint density at radius 2 is 1.62 bits per heavy atom. The first kappa shape index (κ1) is 31.7. The van der Waals surface area contributed by atoms with E-state index in [1.807, 2.05) is 54.9 Å². The Hall–Kier alpha value is -4.88. The molecule has 5 heterocycles. The van der Waals surface area contributed by atoms with Crippen LogP contribution in [-0.4, -0.2) is 59.8 Å². The van der Waals surface area contributed by atoms with Crippen molar-refractivity contribution in [3.63, 3.8) is 0 Å². The van der Waals surface area contributed by atoms with E-state index in [1.54, 1.807) is 6.07 Å². The minimum absolute atomic E-state index is 0.0474. The maximum atomic E-state index is 13.6. The minimum atomic E-state index is -4.73. The average molecular weight is 657 g/mol. The lowest BCUT2D eigenvalue weighted by Gasteiger charge is -2.38. The number of benzene rings is 2. The molecule has 2 aliphatic rings. The van der Waals surface area contributed by atoms with E-state index in [0.717, 1.165) is 73.3 Å². The number of rotatable bonds is 6. The number of aromatic nitrogens is 5. The highest BCUT2D eigenvalue weighted by atomic mass is 19.4. The molecule has 0 saturated carbocycles. The number of amides is 1. The Balaban J connectivity index is 1.15. The predicted molar refractivity (Wildman–Crippen MR) is 176 cm³/mol. The van der Waals surface area contributed by atoms with Gasteiger partial charge in [-0.3, -0.25) is 19.4 Å². The van der Waals surface area contributed by atoms with Crippen LogP contribution in [-0.2, 0) is 12.7 Å². The van der Waals surface area contributed by atoms with Gasteiger partial charge in [-0.05, 0) is 92.1 Å². The molecule has 10 nitrogen and oxygen atoms in total. The zero-order chi connectivity index (χ0) is 33.6. The van der Waals surface area contributed by atoms with Crippen molar-refractivity contribution in [2.45, 2.75) is 64.4 Å². The number of nitrogens with zero attached hydrogens (tertiary/aromatic N) is 6. The summed E-state index contributed by atoms with van der Waals surface area (Å²) in [7, 11) is 0. The number of hydrogen-bond donors (Lipinski definition) is 3. The molecular weight excluding hydrogens is 621 g/mol. The van der Waals surface area contributed by atoms with Gasteiger partial charge in [-0.2, -0.15) is 18.3 Å². The maximum Gasteiger partial charge on any atom is 0.451 e. The predicted octanol–water partition coefficient (Wildman–Crippen LogP) is 6.81. The van der Waals surface area contributed by atoms with Crippen molar-refractivity contribution in [1.82, 2.24) is 29.6 Å². The third-order valence-electron chi connectivity index (χ3n) is 9.34. The third-order valence-corrected chi connectivity index (χ3v) is 9.34. The Morgan fingerprint density at radius 3 is 2.35 bits per heavy atom. The summed E-state index contributed by atoms with van der Waals surface area (Å²) in [4.78, 5) is 27.6. The van der Waals surface area contributed by atoms with Crippen molar-refractivity contribution in [3.8, 4) is 11.1 Å². The van der Waals surface area contributed by atoms with E-state index in [9.17, 15) is 23.1 Å². The number of pyridine rings is 1. The summed E-state index contributed by atoms with van der Waals surface area (Å²) < 4.78 is 42.8.